The summed E-state index contributed by atoms with van der Waals surface area (Å²) in [6, 6.07) is 13.1. The zero-order chi connectivity index (χ0) is 12.3. The van der Waals surface area contributed by atoms with Crippen LogP contribution in [0.1, 0.15) is 11.1 Å². The highest BCUT2D eigenvalue weighted by molar-refractivity contribution is 5.68. The fourth-order valence-electron chi connectivity index (χ4n) is 1.97. The molecule has 2 heteroatoms. The van der Waals surface area contributed by atoms with Crippen molar-refractivity contribution in [1.82, 2.24) is 5.32 Å². The average Bonchev–Trinajstić information content (AvgIpc) is 2.32. The molecular weight excluding hydrogens is 213 g/mol. The SMILES string of the molecule is CNCc1ccc(F)cc1-c1cccc(C)c1. The molecule has 1 N–H and O–H groups in total. The van der Waals surface area contributed by atoms with Crippen LogP contribution < -0.4 is 5.32 Å². The van der Waals surface area contributed by atoms with Gasteiger partial charge in [-0.3, -0.25) is 0 Å². The average molecular weight is 229 g/mol. The summed E-state index contributed by atoms with van der Waals surface area (Å²) in [6.07, 6.45) is 0. The smallest absolute Gasteiger partial charge is 0.123 e. The first-order valence-electron chi connectivity index (χ1n) is 5.71. The third-order valence-corrected chi connectivity index (χ3v) is 2.77. The van der Waals surface area contributed by atoms with Crippen molar-refractivity contribution in [1.29, 1.82) is 0 Å². The van der Waals surface area contributed by atoms with Gasteiger partial charge in [-0.1, -0.05) is 35.9 Å². The van der Waals surface area contributed by atoms with Crippen molar-refractivity contribution < 1.29 is 4.39 Å². The summed E-state index contributed by atoms with van der Waals surface area (Å²) in [5, 5.41) is 3.11. The van der Waals surface area contributed by atoms with E-state index in [4.69, 9.17) is 0 Å². The summed E-state index contributed by atoms with van der Waals surface area (Å²) in [4.78, 5) is 0. The maximum Gasteiger partial charge on any atom is 0.123 e. The molecule has 0 fully saturated rings. The zero-order valence-corrected chi connectivity index (χ0v) is 10.1. The third kappa shape index (κ3) is 2.71. The molecule has 2 aromatic rings. The van der Waals surface area contributed by atoms with Gasteiger partial charge in [0.05, 0.1) is 0 Å². The number of halogens is 1. The first-order chi connectivity index (χ1) is 8.20. The van der Waals surface area contributed by atoms with Crippen LogP contribution in [0.2, 0.25) is 0 Å². The molecule has 0 heterocycles. The largest absolute Gasteiger partial charge is 0.316 e. The Morgan fingerprint density at radius 2 is 1.94 bits per heavy atom. The number of hydrogen-bond donors (Lipinski definition) is 1. The van der Waals surface area contributed by atoms with E-state index in [0.29, 0.717) is 0 Å². The van der Waals surface area contributed by atoms with E-state index in [1.54, 1.807) is 6.07 Å². The highest BCUT2D eigenvalue weighted by Crippen LogP contribution is 2.25. The van der Waals surface area contributed by atoms with Crippen LogP contribution in [0.4, 0.5) is 4.39 Å². The van der Waals surface area contributed by atoms with Crippen molar-refractivity contribution in [2.75, 3.05) is 7.05 Å². The molecule has 2 rings (SSSR count). The predicted octanol–water partition coefficient (Wildman–Crippen LogP) is 3.52. The van der Waals surface area contributed by atoms with Crippen LogP contribution in [0.5, 0.6) is 0 Å². The maximum absolute atomic E-state index is 13.4. The van der Waals surface area contributed by atoms with Crippen LogP contribution in [-0.2, 0) is 6.54 Å². The van der Waals surface area contributed by atoms with E-state index in [9.17, 15) is 4.39 Å². The van der Waals surface area contributed by atoms with E-state index < -0.39 is 0 Å². The summed E-state index contributed by atoms with van der Waals surface area (Å²) >= 11 is 0. The molecule has 0 spiro atoms. The second-order valence-electron chi connectivity index (χ2n) is 4.20. The standard InChI is InChI=1S/C15H16FN/c1-11-4-3-5-12(8-11)15-9-14(16)7-6-13(15)10-17-2/h3-9,17H,10H2,1-2H3. The lowest BCUT2D eigenvalue weighted by molar-refractivity contribution is 0.627. The molecule has 0 atom stereocenters. The Balaban J connectivity index is 2.52. The molecule has 88 valence electrons. The van der Waals surface area contributed by atoms with Crippen LogP contribution in [0.15, 0.2) is 42.5 Å². The van der Waals surface area contributed by atoms with Crippen molar-refractivity contribution in [3.8, 4) is 11.1 Å². The third-order valence-electron chi connectivity index (χ3n) is 2.77. The second-order valence-corrected chi connectivity index (χ2v) is 4.20. The van der Waals surface area contributed by atoms with Gasteiger partial charge in [-0.2, -0.15) is 0 Å². The van der Waals surface area contributed by atoms with E-state index in [1.807, 2.05) is 38.2 Å². The lowest BCUT2D eigenvalue weighted by Crippen LogP contribution is -2.06. The Labute approximate surface area is 101 Å². The van der Waals surface area contributed by atoms with Crippen molar-refractivity contribution >= 4 is 0 Å². The minimum atomic E-state index is -0.193. The lowest BCUT2D eigenvalue weighted by Gasteiger charge is -2.10. The van der Waals surface area contributed by atoms with Crippen LogP contribution in [-0.4, -0.2) is 7.05 Å². The predicted molar refractivity (Wildman–Crippen MR) is 69.3 cm³/mol. The number of rotatable bonds is 3. The molecule has 0 aromatic heterocycles. The molecule has 0 bridgehead atoms. The highest BCUT2D eigenvalue weighted by atomic mass is 19.1. The number of hydrogen-bond acceptors (Lipinski definition) is 1. The molecule has 0 aliphatic carbocycles. The van der Waals surface area contributed by atoms with Gasteiger partial charge in [-0.05, 0) is 42.8 Å². The van der Waals surface area contributed by atoms with E-state index in [1.165, 1.54) is 11.6 Å². The van der Waals surface area contributed by atoms with Gasteiger partial charge in [0.25, 0.3) is 0 Å². The first-order valence-corrected chi connectivity index (χ1v) is 5.71. The molecule has 17 heavy (non-hydrogen) atoms. The van der Waals surface area contributed by atoms with Gasteiger partial charge in [0.2, 0.25) is 0 Å². The van der Waals surface area contributed by atoms with Crippen LogP contribution in [0, 0.1) is 12.7 Å². The van der Waals surface area contributed by atoms with Crippen molar-refractivity contribution in [2.45, 2.75) is 13.5 Å². The van der Waals surface area contributed by atoms with Crippen LogP contribution >= 0.6 is 0 Å². The van der Waals surface area contributed by atoms with E-state index >= 15 is 0 Å². The second kappa shape index (κ2) is 5.11. The van der Waals surface area contributed by atoms with Gasteiger partial charge in [0.15, 0.2) is 0 Å². The molecule has 2 aromatic carbocycles. The van der Waals surface area contributed by atoms with Gasteiger partial charge in [-0.15, -0.1) is 0 Å². The Morgan fingerprint density at radius 1 is 1.12 bits per heavy atom. The fraction of sp³-hybridized carbons (Fsp3) is 0.200. The Morgan fingerprint density at radius 3 is 2.65 bits per heavy atom. The van der Waals surface area contributed by atoms with Gasteiger partial charge in [0, 0.05) is 6.54 Å². The summed E-state index contributed by atoms with van der Waals surface area (Å²) < 4.78 is 13.4. The quantitative estimate of drug-likeness (QED) is 0.849. The monoisotopic (exact) mass is 229 g/mol. The van der Waals surface area contributed by atoms with Crippen LogP contribution in [0.3, 0.4) is 0 Å². The number of benzene rings is 2. The molecule has 0 aliphatic heterocycles. The summed E-state index contributed by atoms with van der Waals surface area (Å²) in [5.41, 5.74) is 4.32. The van der Waals surface area contributed by atoms with Crippen molar-refractivity contribution in [3.05, 3.63) is 59.4 Å². The van der Waals surface area contributed by atoms with Crippen molar-refractivity contribution in [2.24, 2.45) is 0 Å². The fourth-order valence-corrected chi connectivity index (χ4v) is 1.97. The summed E-state index contributed by atoms with van der Waals surface area (Å²) in [5.74, 6) is -0.193. The van der Waals surface area contributed by atoms with Crippen LogP contribution in [0.25, 0.3) is 11.1 Å². The van der Waals surface area contributed by atoms with E-state index in [2.05, 4.69) is 11.4 Å². The topological polar surface area (TPSA) is 12.0 Å². The molecule has 0 amide bonds. The molecule has 0 aliphatic rings. The minimum Gasteiger partial charge on any atom is -0.316 e. The molecule has 0 unspecified atom stereocenters. The maximum atomic E-state index is 13.4. The van der Waals surface area contributed by atoms with Gasteiger partial charge in [-0.25, -0.2) is 4.39 Å². The molecule has 0 radical (unpaired) electrons. The summed E-state index contributed by atoms with van der Waals surface area (Å²) in [6.45, 7) is 2.78. The van der Waals surface area contributed by atoms with Gasteiger partial charge < -0.3 is 5.32 Å². The Hall–Kier alpha value is -1.67. The molecular formula is C15H16FN. The molecule has 0 saturated carbocycles. The zero-order valence-electron chi connectivity index (χ0n) is 10.1. The number of nitrogens with one attached hydrogen (secondary N) is 1. The Kier molecular flexibility index (Phi) is 3.55. The van der Waals surface area contributed by atoms with Gasteiger partial charge in [0.1, 0.15) is 5.82 Å². The van der Waals surface area contributed by atoms with E-state index in [0.717, 1.165) is 23.2 Å². The number of aryl methyl sites for hydroxylation is 1. The minimum absolute atomic E-state index is 0.193. The Bertz CT molecular complexity index is 520. The molecule has 0 saturated heterocycles. The normalized spacial score (nSPS) is 10.5. The molecule has 1 nitrogen and oxygen atoms in total. The summed E-state index contributed by atoms with van der Waals surface area (Å²) in [7, 11) is 1.89. The van der Waals surface area contributed by atoms with Gasteiger partial charge >= 0.3 is 0 Å². The lowest BCUT2D eigenvalue weighted by atomic mass is 9.98. The highest BCUT2D eigenvalue weighted by Gasteiger charge is 2.06. The van der Waals surface area contributed by atoms with E-state index in [-0.39, 0.29) is 5.82 Å². The van der Waals surface area contributed by atoms with Crippen molar-refractivity contribution in [3.63, 3.8) is 0 Å². The first kappa shape index (κ1) is 11.8.